The van der Waals surface area contributed by atoms with Crippen LogP contribution < -0.4 is 11.5 Å². The van der Waals surface area contributed by atoms with Crippen LogP contribution in [0.25, 0.3) is 0 Å². The zero-order valence-corrected chi connectivity index (χ0v) is 12.1. The lowest BCUT2D eigenvalue weighted by molar-refractivity contribution is -0.122. The van der Waals surface area contributed by atoms with E-state index in [1.807, 2.05) is 0 Å². The van der Waals surface area contributed by atoms with Gasteiger partial charge in [0.15, 0.2) is 0 Å². The summed E-state index contributed by atoms with van der Waals surface area (Å²) < 4.78 is 34.7. The molecule has 0 aromatic heterocycles. The molecule has 3 amide bonds. The number of urea groups is 1. The zero-order chi connectivity index (χ0) is 16.5. The largest absolute Gasteiger partial charge is 0.418 e. The molecule has 0 aromatic carbocycles. The highest BCUT2D eigenvalue weighted by atomic mass is 32.3. The standard InChI is InChI=1S/C9H15N5O7S/c10-1-2-20-12-5-3-6(8(11)15)13-4-7(5)14(9(13)16)21-22(17,18)19/h6-7H,1-4,10H2,(H2,11,15)(H,17,18,19)/b12-5-/t6-,7-/m0/s1. The van der Waals surface area contributed by atoms with E-state index in [1.165, 1.54) is 0 Å². The number of hydrogen-bond acceptors (Lipinski definition) is 8. The maximum Gasteiger partial charge on any atom is 0.418 e. The molecule has 0 aliphatic carbocycles. The number of carbonyl (C=O) groups is 2. The maximum atomic E-state index is 12.1. The molecule has 22 heavy (non-hydrogen) atoms. The van der Waals surface area contributed by atoms with Gasteiger partial charge in [-0.05, 0) is 0 Å². The van der Waals surface area contributed by atoms with Crippen molar-refractivity contribution in [3.63, 3.8) is 0 Å². The van der Waals surface area contributed by atoms with Crippen molar-refractivity contribution in [2.75, 3.05) is 19.7 Å². The van der Waals surface area contributed by atoms with Gasteiger partial charge in [0, 0.05) is 13.0 Å². The summed E-state index contributed by atoms with van der Waals surface area (Å²) in [6.07, 6.45) is -0.0400. The number of fused-ring (bicyclic) bond motifs is 2. The number of carbonyl (C=O) groups excluding carboxylic acids is 2. The summed E-state index contributed by atoms with van der Waals surface area (Å²) in [7, 11) is -4.92. The minimum absolute atomic E-state index is 0.0400. The van der Waals surface area contributed by atoms with Crippen molar-refractivity contribution < 1.29 is 31.7 Å². The Hall–Kier alpha value is -1.96. The molecular formula is C9H15N5O7S. The van der Waals surface area contributed by atoms with E-state index < -0.39 is 34.4 Å². The van der Waals surface area contributed by atoms with E-state index in [4.69, 9.17) is 20.9 Å². The molecule has 0 radical (unpaired) electrons. The van der Waals surface area contributed by atoms with Crippen LogP contribution in [-0.4, -0.2) is 72.4 Å². The number of nitrogens with zero attached hydrogens (tertiary/aromatic N) is 3. The van der Waals surface area contributed by atoms with Gasteiger partial charge in [0.2, 0.25) is 5.91 Å². The Bertz CT molecular complexity index is 605. The molecular weight excluding hydrogens is 322 g/mol. The number of rotatable bonds is 6. The molecule has 2 heterocycles. The quantitative estimate of drug-likeness (QED) is 0.268. The van der Waals surface area contributed by atoms with E-state index in [1.54, 1.807) is 0 Å². The molecule has 124 valence electrons. The third kappa shape index (κ3) is 3.27. The number of amides is 3. The summed E-state index contributed by atoms with van der Waals surface area (Å²) in [6, 6.07) is -2.86. The molecule has 0 spiro atoms. The van der Waals surface area contributed by atoms with E-state index in [2.05, 4.69) is 9.44 Å². The van der Waals surface area contributed by atoms with Gasteiger partial charge in [0.1, 0.15) is 18.7 Å². The van der Waals surface area contributed by atoms with Gasteiger partial charge in [-0.3, -0.25) is 9.35 Å². The topological polar surface area (TPSA) is 178 Å². The highest BCUT2D eigenvalue weighted by Crippen LogP contribution is 2.29. The molecule has 2 fully saturated rings. The van der Waals surface area contributed by atoms with Crippen molar-refractivity contribution >= 4 is 28.0 Å². The first-order chi connectivity index (χ1) is 10.2. The van der Waals surface area contributed by atoms with Gasteiger partial charge in [-0.2, -0.15) is 13.5 Å². The van der Waals surface area contributed by atoms with Crippen LogP contribution in [0.4, 0.5) is 4.79 Å². The monoisotopic (exact) mass is 337 g/mol. The third-order valence-electron chi connectivity index (χ3n) is 3.14. The molecule has 2 atom stereocenters. The normalized spacial score (nSPS) is 26.6. The molecule has 2 saturated heterocycles. The molecule has 2 rings (SSSR count). The lowest BCUT2D eigenvalue weighted by Crippen LogP contribution is -2.51. The maximum absolute atomic E-state index is 12.1. The van der Waals surface area contributed by atoms with Gasteiger partial charge in [0.05, 0.1) is 12.3 Å². The fraction of sp³-hybridized carbons (Fsp3) is 0.667. The number of nitrogens with two attached hydrogens (primary N) is 2. The second-order valence-corrected chi connectivity index (χ2v) is 5.61. The van der Waals surface area contributed by atoms with Crippen molar-refractivity contribution in [3.8, 4) is 0 Å². The average Bonchev–Trinajstić information content (AvgIpc) is 2.66. The van der Waals surface area contributed by atoms with E-state index in [0.717, 1.165) is 4.90 Å². The van der Waals surface area contributed by atoms with Crippen molar-refractivity contribution in [1.29, 1.82) is 0 Å². The molecule has 12 nitrogen and oxygen atoms in total. The van der Waals surface area contributed by atoms with Gasteiger partial charge < -0.3 is 21.2 Å². The van der Waals surface area contributed by atoms with Crippen molar-refractivity contribution in [3.05, 3.63) is 0 Å². The smallest absolute Gasteiger partial charge is 0.394 e. The summed E-state index contributed by atoms with van der Waals surface area (Å²) in [6.45, 7) is 0.206. The predicted molar refractivity (Wildman–Crippen MR) is 70.4 cm³/mol. The van der Waals surface area contributed by atoms with E-state index in [-0.39, 0.29) is 31.8 Å². The Morgan fingerprint density at radius 1 is 1.50 bits per heavy atom. The van der Waals surface area contributed by atoms with Gasteiger partial charge >= 0.3 is 16.4 Å². The van der Waals surface area contributed by atoms with E-state index in [9.17, 15) is 18.0 Å². The third-order valence-corrected chi connectivity index (χ3v) is 3.49. The Morgan fingerprint density at radius 3 is 2.73 bits per heavy atom. The van der Waals surface area contributed by atoms with E-state index >= 15 is 0 Å². The zero-order valence-electron chi connectivity index (χ0n) is 11.3. The number of hydroxylamine groups is 2. The molecule has 0 saturated carbocycles. The van der Waals surface area contributed by atoms with Crippen LogP contribution in [0, 0.1) is 0 Å². The Morgan fingerprint density at radius 2 is 2.18 bits per heavy atom. The summed E-state index contributed by atoms with van der Waals surface area (Å²) in [4.78, 5) is 29.5. The van der Waals surface area contributed by atoms with Crippen LogP contribution in [-0.2, 0) is 24.3 Å². The Labute approximate surface area is 125 Å². The molecule has 2 aliphatic heterocycles. The van der Waals surface area contributed by atoms with Crippen LogP contribution in [0.3, 0.4) is 0 Å². The lowest BCUT2D eigenvalue weighted by Gasteiger charge is -2.28. The molecule has 2 bridgehead atoms. The SMILES string of the molecule is NCCO/N=C1/C[C@@H](C(N)=O)N2C[C@@H]1N(OS(=O)(=O)O)C2=O. The molecule has 5 N–H and O–H groups in total. The minimum atomic E-state index is -4.92. The molecule has 0 aromatic rings. The Balaban J connectivity index is 2.30. The van der Waals surface area contributed by atoms with Gasteiger partial charge in [-0.1, -0.05) is 5.16 Å². The summed E-state index contributed by atoms with van der Waals surface area (Å²) in [5.74, 6) is -0.785. The van der Waals surface area contributed by atoms with Crippen LogP contribution in [0.2, 0.25) is 0 Å². The number of piperidine rings is 1. The van der Waals surface area contributed by atoms with Gasteiger partial charge in [-0.25, -0.2) is 4.79 Å². The van der Waals surface area contributed by atoms with Gasteiger partial charge in [-0.15, -0.1) is 4.28 Å². The summed E-state index contributed by atoms with van der Waals surface area (Å²) >= 11 is 0. The molecule has 13 heteroatoms. The first kappa shape index (κ1) is 16.4. The van der Waals surface area contributed by atoms with Crippen molar-refractivity contribution in [2.24, 2.45) is 16.6 Å². The number of primary amides is 1. The lowest BCUT2D eigenvalue weighted by atomic mass is 9.98. The second kappa shape index (κ2) is 6.04. The summed E-state index contributed by atoms with van der Waals surface area (Å²) in [5.41, 5.74) is 10.7. The van der Waals surface area contributed by atoms with Crippen molar-refractivity contribution in [1.82, 2.24) is 9.96 Å². The van der Waals surface area contributed by atoms with Crippen LogP contribution in [0.15, 0.2) is 5.16 Å². The van der Waals surface area contributed by atoms with Gasteiger partial charge in [0.25, 0.3) is 0 Å². The fourth-order valence-electron chi connectivity index (χ4n) is 2.26. The van der Waals surface area contributed by atoms with Crippen LogP contribution >= 0.6 is 0 Å². The molecule has 2 aliphatic rings. The van der Waals surface area contributed by atoms with Crippen LogP contribution in [0.1, 0.15) is 6.42 Å². The fourth-order valence-corrected chi connectivity index (χ4v) is 2.63. The first-order valence-electron chi connectivity index (χ1n) is 6.19. The second-order valence-electron chi connectivity index (χ2n) is 4.61. The molecule has 0 unspecified atom stereocenters. The number of hydrogen-bond donors (Lipinski definition) is 3. The highest BCUT2D eigenvalue weighted by molar-refractivity contribution is 7.80. The van der Waals surface area contributed by atoms with Crippen LogP contribution in [0.5, 0.6) is 0 Å². The number of oxime groups is 1. The highest BCUT2D eigenvalue weighted by Gasteiger charge is 2.52. The Kier molecular flexibility index (Phi) is 4.50. The summed E-state index contributed by atoms with van der Waals surface area (Å²) in [5, 5.41) is 4.17. The predicted octanol–water partition coefficient (Wildman–Crippen LogP) is -2.58. The average molecular weight is 337 g/mol. The minimum Gasteiger partial charge on any atom is -0.394 e. The first-order valence-corrected chi connectivity index (χ1v) is 7.56. The van der Waals surface area contributed by atoms with Crippen molar-refractivity contribution in [2.45, 2.75) is 18.5 Å². The van der Waals surface area contributed by atoms with E-state index in [0.29, 0.717) is 5.06 Å².